The Hall–Kier alpha value is -4.32. The largest absolute Gasteiger partial charge is 0.493 e. The second-order valence-electron chi connectivity index (χ2n) is 8.37. The van der Waals surface area contributed by atoms with E-state index in [1.165, 1.54) is 11.3 Å². The van der Waals surface area contributed by atoms with E-state index in [1.54, 1.807) is 33.5 Å². The Bertz CT molecular complexity index is 1410. The van der Waals surface area contributed by atoms with Crippen LogP contribution in [0.5, 0.6) is 17.2 Å². The normalized spacial score (nSPS) is 10.9. The van der Waals surface area contributed by atoms with Crippen LogP contribution in [0.15, 0.2) is 34.9 Å². The third kappa shape index (κ3) is 5.43. The van der Waals surface area contributed by atoms with Crippen molar-refractivity contribution in [2.45, 2.75) is 20.8 Å². The van der Waals surface area contributed by atoms with Crippen LogP contribution in [-0.4, -0.2) is 42.4 Å². The number of benzene rings is 2. The molecule has 0 saturated carbocycles. The van der Waals surface area contributed by atoms with E-state index in [1.807, 2.05) is 39.0 Å². The summed E-state index contributed by atoms with van der Waals surface area (Å²) in [4.78, 5) is 21.6. The Morgan fingerprint density at radius 3 is 2.35 bits per heavy atom. The molecule has 0 radical (unpaired) electrons. The number of nitrogens with zero attached hydrogens (tertiary/aromatic N) is 3. The lowest BCUT2D eigenvalue weighted by Crippen LogP contribution is -2.17. The number of amides is 1. The van der Waals surface area contributed by atoms with Crippen molar-refractivity contribution in [2.75, 3.05) is 37.7 Å². The molecule has 0 spiro atoms. The maximum absolute atomic E-state index is 12.1. The van der Waals surface area contributed by atoms with Crippen LogP contribution >= 0.6 is 11.3 Å². The number of thiazole rings is 1. The lowest BCUT2D eigenvalue weighted by molar-refractivity contribution is -0.118. The maximum atomic E-state index is 12.1. The molecule has 0 atom stereocenters. The third-order valence-corrected chi connectivity index (χ3v) is 6.43. The number of methoxy groups -OCH3 is 3. The van der Waals surface area contributed by atoms with Gasteiger partial charge >= 0.3 is 0 Å². The topological polar surface area (TPSA) is 147 Å². The van der Waals surface area contributed by atoms with Gasteiger partial charge in [-0.2, -0.15) is 4.98 Å². The van der Waals surface area contributed by atoms with Gasteiger partial charge in [0.15, 0.2) is 16.6 Å². The highest BCUT2D eigenvalue weighted by atomic mass is 32.1. The van der Waals surface area contributed by atoms with Crippen molar-refractivity contribution < 1.29 is 23.5 Å². The number of hydrogen-bond acceptors (Lipinski definition) is 11. The Morgan fingerprint density at radius 2 is 1.73 bits per heavy atom. The smallest absolute Gasteiger partial charge is 0.272 e. The van der Waals surface area contributed by atoms with E-state index in [0.29, 0.717) is 44.5 Å². The number of aryl methyl sites for hydroxylation is 1. The van der Waals surface area contributed by atoms with Crippen LogP contribution in [0.1, 0.15) is 19.4 Å². The Balaban J connectivity index is 1.60. The molecule has 194 valence electrons. The van der Waals surface area contributed by atoms with E-state index in [9.17, 15) is 4.79 Å². The predicted octanol–water partition coefficient (Wildman–Crippen LogP) is 5.11. The minimum absolute atomic E-state index is 0.0758. The molecule has 2 heterocycles. The summed E-state index contributed by atoms with van der Waals surface area (Å²) >= 11 is 1.26. The summed E-state index contributed by atoms with van der Waals surface area (Å²) in [6.07, 6.45) is 0. The molecule has 2 aromatic carbocycles. The molecule has 2 aromatic heterocycles. The van der Waals surface area contributed by atoms with Gasteiger partial charge in [-0.05, 0) is 24.6 Å². The van der Waals surface area contributed by atoms with Crippen LogP contribution in [-0.2, 0) is 4.79 Å². The van der Waals surface area contributed by atoms with Gasteiger partial charge in [-0.3, -0.25) is 4.79 Å². The molecule has 0 aliphatic carbocycles. The van der Waals surface area contributed by atoms with E-state index in [-0.39, 0.29) is 23.5 Å². The molecule has 12 heteroatoms. The van der Waals surface area contributed by atoms with E-state index >= 15 is 0 Å². The second-order valence-corrected chi connectivity index (χ2v) is 9.37. The summed E-state index contributed by atoms with van der Waals surface area (Å²) in [7, 11) is 4.63. The number of nitrogens with one attached hydrogen (secondary N) is 2. The number of nitrogens with two attached hydrogens (primary N) is 1. The molecule has 0 aliphatic rings. The zero-order chi connectivity index (χ0) is 26.7. The van der Waals surface area contributed by atoms with Gasteiger partial charge in [0.1, 0.15) is 10.7 Å². The number of aromatic nitrogens is 3. The molecule has 4 N–H and O–H groups in total. The molecular weight excluding hydrogens is 496 g/mol. The monoisotopic (exact) mass is 524 g/mol. The number of rotatable bonds is 9. The number of carbonyl (C=O) groups excluding carboxylic acids is 1. The van der Waals surface area contributed by atoms with Crippen molar-refractivity contribution in [3.05, 3.63) is 35.9 Å². The van der Waals surface area contributed by atoms with Crippen molar-refractivity contribution in [1.82, 2.24) is 15.1 Å². The van der Waals surface area contributed by atoms with Gasteiger partial charge in [-0.1, -0.05) is 36.4 Å². The van der Waals surface area contributed by atoms with Crippen LogP contribution < -0.4 is 30.6 Å². The number of nitrogen functional groups attached to an aromatic ring is 1. The highest BCUT2D eigenvalue weighted by Gasteiger charge is 2.20. The van der Waals surface area contributed by atoms with E-state index < -0.39 is 0 Å². The molecule has 4 aromatic rings. The third-order valence-electron chi connectivity index (χ3n) is 5.46. The Morgan fingerprint density at radius 1 is 1.03 bits per heavy atom. The van der Waals surface area contributed by atoms with Gasteiger partial charge in [-0.15, -0.1) is 0 Å². The fourth-order valence-corrected chi connectivity index (χ4v) is 4.29. The van der Waals surface area contributed by atoms with Gasteiger partial charge in [-0.25, -0.2) is 4.98 Å². The highest BCUT2D eigenvalue weighted by Crippen LogP contribution is 2.42. The fourth-order valence-electron chi connectivity index (χ4n) is 3.47. The summed E-state index contributed by atoms with van der Waals surface area (Å²) in [6, 6.07) is 9.07. The first-order valence-electron chi connectivity index (χ1n) is 11.3. The Kier molecular flexibility index (Phi) is 7.48. The SMILES string of the molecule is COc1cc(Nc2nc(N)c(-c3nc(-c4cc(NC(=O)C(C)C)ccc4C)no3)s2)cc(OC)c1OC. The maximum Gasteiger partial charge on any atom is 0.272 e. The molecule has 1 amide bonds. The lowest BCUT2D eigenvalue weighted by Gasteiger charge is -2.14. The van der Waals surface area contributed by atoms with Crippen molar-refractivity contribution in [1.29, 1.82) is 0 Å². The van der Waals surface area contributed by atoms with E-state index in [4.69, 9.17) is 24.5 Å². The lowest BCUT2D eigenvalue weighted by atomic mass is 10.1. The standard InChI is InChI=1S/C25H28N6O5S/c1-12(2)23(32)27-14-8-7-13(3)16(9-14)22-30-24(36-31-22)20-21(26)29-25(37-20)28-15-10-17(33-4)19(35-6)18(11-15)34-5/h7-12H,26H2,1-6H3,(H,27,32)(H,28,29). The second kappa shape index (κ2) is 10.7. The average molecular weight is 525 g/mol. The van der Waals surface area contributed by atoms with E-state index in [2.05, 4.69) is 25.8 Å². The summed E-state index contributed by atoms with van der Waals surface area (Å²) < 4.78 is 21.7. The van der Waals surface area contributed by atoms with Crippen LogP contribution in [0.25, 0.3) is 22.2 Å². The van der Waals surface area contributed by atoms with Crippen molar-refractivity contribution in [2.24, 2.45) is 5.92 Å². The average Bonchev–Trinajstić information content (AvgIpc) is 3.50. The zero-order valence-electron chi connectivity index (χ0n) is 21.3. The first-order valence-corrected chi connectivity index (χ1v) is 12.1. The predicted molar refractivity (Wildman–Crippen MR) is 143 cm³/mol. The molecule has 37 heavy (non-hydrogen) atoms. The highest BCUT2D eigenvalue weighted by molar-refractivity contribution is 7.19. The molecule has 0 unspecified atom stereocenters. The molecule has 11 nitrogen and oxygen atoms in total. The Labute approximate surface area is 218 Å². The van der Waals surface area contributed by atoms with Crippen molar-refractivity contribution >= 4 is 39.6 Å². The summed E-state index contributed by atoms with van der Waals surface area (Å²) in [5.41, 5.74) is 9.16. The van der Waals surface area contributed by atoms with Crippen LogP contribution in [0.4, 0.5) is 22.3 Å². The number of anilines is 4. The summed E-state index contributed by atoms with van der Waals surface area (Å²) in [5.74, 6) is 2.11. The summed E-state index contributed by atoms with van der Waals surface area (Å²) in [6.45, 7) is 5.60. The number of ether oxygens (including phenoxy) is 3. The van der Waals surface area contributed by atoms with Crippen molar-refractivity contribution in [3.63, 3.8) is 0 Å². The van der Waals surface area contributed by atoms with Crippen LogP contribution in [0, 0.1) is 12.8 Å². The minimum Gasteiger partial charge on any atom is -0.493 e. The van der Waals surface area contributed by atoms with Crippen LogP contribution in [0.2, 0.25) is 0 Å². The van der Waals surface area contributed by atoms with Gasteiger partial charge in [0, 0.05) is 35.0 Å². The molecule has 0 fully saturated rings. The fraction of sp³-hybridized carbons (Fsp3) is 0.280. The number of carbonyl (C=O) groups is 1. The zero-order valence-corrected chi connectivity index (χ0v) is 22.1. The summed E-state index contributed by atoms with van der Waals surface area (Å²) in [5, 5.41) is 10.7. The van der Waals surface area contributed by atoms with Gasteiger partial charge in [0.2, 0.25) is 17.5 Å². The van der Waals surface area contributed by atoms with Crippen LogP contribution in [0.3, 0.4) is 0 Å². The molecule has 0 bridgehead atoms. The molecular formula is C25H28N6O5S. The molecule has 0 saturated heterocycles. The van der Waals surface area contributed by atoms with E-state index in [0.717, 1.165) is 11.1 Å². The van der Waals surface area contributed by atoms with Gasteiger partial charge < -0.3 is 35.1 Å². The first-order chi connectivity index (χ1) is 17.7. The minimum atomic E-state index is -0.140. The molecule has 0 aliphatic heterocycles. The van der Waals surface area contributed by atoms with Gasteiger partial charge in [0.25, 0.3) is 5.89 Å². The van der Waals surface area contributed by atoms with Gasteiger partial charge in [0.05, 0.1) is 21.3 Å². The van der Waals surface area contributed by atoms with Crippen molar-refractivity contribution in [3.8, 4) is 39.4 Å². The molecule has 4 rings (SSSR count). The number of hydrogen-bond donors (Lipinski definition) is 3. The quantitative estimate of drug-likeness (QED) is 0.270. The first kappa shape index (κ1) is 25.8.